The molecule has 3 amide bonds. The molecule has 2 unspecified atom stereocenters. The van der Waals surface area contributed by atoms with Gasteiger partial charge >= 0.3 is 6.09 Å². The van der Waals surface area contributed by atoms with Gasteiger partial charge in [0, 0.05) is 58.4 Å². The molecule has 226 valence electrons. The van der Waals surface area contributed by atoms with E-state index in [1.807, 2.05) is 66.5 Å². The van der Waals surface area contributed by atoms with Crippen LogP contribution in [0.5, 0.6) is 0 Å². The second-order valence-corrected chi connectivity index (χ2v) is 11.7. The van der Waals surface area contributed by atoms with Gasteiger partial charge in [0.15, 0.2) is 0 Å². The van der Waals surface area contributed by atoms with Crippen LogP contribution < -0.4 is 16.0 Å². The molecule has 0 aromatic heterocycles. The van der Waals surface area contributed by atoms with E-state index in [0.717, 1.165) is 88.3 Å². The number of hydrogen-bond acceptors (Lipinski definition) is 7. The number of ether oxygens (including phenoxy) is 1. The van der Waals surface area contributed by atoms with Crippen LogP contribution in [0, 0.1) is 5.92 Å². The van der Waals surface area contributed by atoms with Gasteiger partial charge in [-0.3, -0.25) is 19.8 Å². The van der Waals surface area contributed by atoms with E-state index in [1.54, 1.807) is 0 Å². The molecule has 0 radical (unpaired) electrons. The highest BCUT2D eigenvalue weighted by Crippen LogP contribution is 2.28. The van der Waals surface area contributed by atoms with Crippen molar-refractivity contribution >= 4 is 23.6 Å². The molecule has 3 fully saturated rings. The SMILES string of the molecule is CN(CCN1CCC(OC(=O)Nc2ccccc2-c2ccccc2)CC1)C(=O)C1CCC(CN2CCNC(=O)C2)CN1. The largest absolute Gasteiger partial charge is 0.446 e. The fourth-order valence-corrected chi connectivity index (χ4v) is 6.17. The Morgan fingerprint density at radius 3 is 2.48 bits per heavy atom. The van der Waals surface area contributed by atoms with Crippen molar-refractivity contribution in [3.8, 4) is 11.1 Å². The first-order valence-electron chi connectivity index (χ1n) is 15.3. The first-order valence-corrected chi connectivity index (χ1v) is 15.3. The van der Waals surface area contributed by atoms with Crippen LogP contribution in [0.25, 0.3) is 11.1 Å². The van der Waals surface area contributed by atoms with Crippen LogP contribution in [0.4, 0.5) is 10.5 Å². The lowest BCUT2D eigenvalue weighted by Gasteiger charge is -2.36. The van der Waals surface area contributed by atoms with Crippen LogP contribution in [0.1, 0.15) is 25.7 Å². The molecule has 5 rings (SSSR count). The van der Waals surface area contributed by atoms with Gasteiger partial charge in [-0.2, -0.15) is 0 Å². The standard InChI is InChI=1S/C32H44N6O4/c1-36(31(40)29-12-11-24(21-34-29)22-38-18-15-33-30(39)23-38)19-20-37-16-13-26(14-17-37)42-32(41)35-28-10-6-5-9-27(28)25-7-3-2-4-8-25/h2-10,24,26,29,34H,11-23H2,1H3,(H,33,39)(H,35,41). The number of piperazine rings is 1. The van der Waals surface area contributed by atoms with Gasteiger partial charge in [-0.15, -0.1) is 0 Å². The molecule has 3 aliphatic rings. The molecule has 42 heavy (non-hydrogen) atoms. The van der Waals surface area contributed by atoms with Gasteiger partial charge in [-0.1, -0.05) is 48.5 Å². The third-order valence-corrected chi connectivity index (χ3v) is 8.63. The molecule has 10 nitrogen and oxygen atoms in total. The summed E-state index contributed by atoms with van der Waals surface area (Å²) in [5.74, 6) is 0.716. The van der Waals surface area contributed by atoms with E-state index in [0.29, 0.717) is 19.0 Å². The molecule has 0 saturated carbocycles. The number of likely N-dealkylation sites (tertiary alicyclic amines) is 1. The van der Waals surface area contributed by atoms with Crippen molar-refractivity contribution in [3.63, 3.8) is 0 Å². The van der Waals surface area contributed by atoms with E-state index < -0.39 is 6.09 Å². The molecule has 3 saturated heterocycles. The van der Waals surface area contributed by atoms with Gasteiger partial charge in [0.05, 0.1) is 18.3 Å². The number of piperidine rings is 2. The van der Waals surface area contributed by atoms with Crippen molar-refractivity contribution < 1.29 is 19.1 Å². The van der Waals surface area contributed by atoms with Gasteiger partial charge < -0.3 is 25.2 Å². The average molecular weight is 577 g/mol. The first kappa shape index (κ1) is 30.0. The number of carbonyl (C=O) groups excluding carboxylic acids is 3. The minimum atomic E-state index is -0.425. The zero-order valence-corrected chi connectivity index (χ0v) is 24.6. The van der Waals surface area contributed by atoms with Crippen molar-refractivity contribution in [2.75, 3.05) is 71.3 Å². The third kappa shape index (κ3) is 8.30. The maximum absolute atomic E-state index is 13.1. The molecule has 0 aliphatic carbocycles. The number of nitrogens with one attached hydrogen (secondary N) is 3. The number of hydrogen-bond donors (Lipinski definition) is 3. The molecule has 0 spiro atoms. The van der Waals surface area contributed by atoms with Crippen LogP contribution in [0.2, 0.25) is 0 Å². The minimum absolute atomic E-state index is 0.0997. The fraction of sp³-hybridized carbons (Fsp3) is 0.531. The van der Waals surface area contributed by atoms with E-state index in [2.05, 4.69) is 25.8 Å². The summed E-state index contributed by atoms with van der Waals surface area (Å²) in [5, 5.41) is 9.26. The van der Waals surface area contributed by atoms with Crippen LogP contribution in [-0.2, 0) is 14.3 Å². The summed E-state index contributed by atoms with van der Waals surface area (Å²) in [6, 6.07) is 17.6. The topological polar surface area (TPSA) is 106 Å². The van der Waals surface area contributed by atoms with E-state index >= 15 is 0 Å². The summed E-state index contributed by atoms with van der Waals surface area (Å²) in [6.07, 6.45) is 2.82. The molecule has 2 aromatic carbocycles. The number of anilines is 1. The van der Waals surface area contributed by atoms with E-state index in [-0.39, 0.29) is 24.0 Å². The number of para-hydroxylation sites is 1. The zero-order valence-electron chi connectivity index (χ0n) is 24.6. The molecular formula is C32H44N6O4. The predicted molar refractivity (Wildman–Crippen MR) is 163 cm³/mol. The highest BCUT2D eigenvalue weighted by atomic mass is 16.6. The normalized spacial score (nSPS) is 22.3. The summed E-state index contributed by atoms with van der Waals surface area (Å²) in [4.78, 5) is 43.8. The highest BCUT2D eigenvalue weighted by Gasteiger charge is 2.30. The lowest BCUT2D eigenvalue weighted by molar-refractivity contribution is -0.133. The molecule has 10 heteroatoms. The van der Waals surface area contributed by atoms with Crippen molar-refractivity contribution in [1.82, 2.24) is 25.3 Å². The summed E-state index contributed by atoms with van der Waals surface area (Å²) >= 11 is 0. The van der Waals surface area contributed by atoms with Crippen molar-refractivity contribution in [2.45, 2.75) is 37.8 Å². The van der Waals surface area contributed by atoms with Crippen molar-refractivity contribution in [2.24, 2.45) is 5.92 Å². The molecule has 0 bridgehead atoms. The Bertz CT molecular complexity index is 1190. The summed E-state index contributed by atoms with van der Waals surface area (Å²) in [7, 11) is 1.88. The highest BCUT2D eigenvalue weighted by molar-refractivity contribution is 5.91. The van der Waals surface area contributed by atoms with Gasteiger partial charge in [-0.25, -0.2) is 4.79 Å². The minimum Gasteiger partial charge on any atom is -0.446 e. The van der Waals surface area contributed by atoms with E-state index in [4.69, 9.17) is 4.74 Å². The second-order valence-electron chi connectivity index (χ2n) is 11.7. The summed E-state index contributed by atoms with van der Waals surface area (Å²) in [6.45, 7) is 6.94. The zero-order chi connectivity index (χ0) is 29.3. The van der Waals surface area contributed by atoms with Gasteiger partial charge in [-0.05, 0) is 49.8 Å². The van der Waals surface area contributed by atoms with Crippen molar-refractivity contribution in [3.05, 3.63) is 54.6 Å². The number of likely N-dealkylation sites (N-methyl/N-ethyl adjacent to an activating group) is 1. The molecule has 3 aliphatic heterocycles. The van der Waals surface area contributed by atoms with Crippen LogP contribution in [0.15, 0.2) is 54.6 Å². The lowest BCUT2D eigenvalue weighted by Crippen LogP contribution is -2.54. The Labute approximate surface area is 248 Å². The van der Waals surface area contributed by atoms with Crippen LogP contribution >= 0.6 is 0 Å². The number of amides is 3. The van der Waals surface area contributed by atoms with E-state index in [9.17, 15) is 14.4 Å². The van der Waals surface area contributed by atoms with Crippen molar-refractivity contribution in [1.29, 1.82) is 0 Å². The molecule has 3 heterocycles. The average Bonchev–Trinajstić information content (AvgIpc) is 3.01. The maximum Gasteiger partial charge on any atom is 0.411 e. The second kappa shape index (κ2) is 14.6. The lowest BCUT2D eigenvalue weighted by atomic mass is 9.93. The van der Waals surface area contributed by atoms with Crippen LogP contribution in [-0.4, -0.2) is 111 Å². The third-order valence-electron chi connectivity index (χ3n) is 8.63. The summed E-state index contributed by atoms with van der Waals surface area (Å²) < 4.78 is 5.77. The monoisotopic (exact) mass is 576 g/mol. The Kier molecular flexibility index (Phi) is 10.4. The van der Waals surface area contributed by atoms with Crippen LogP contribution in [0.3, 0.4) is 0 Å². The number of rotatable bonds is 9. The quantitative estimate of drug-likeness (QED) is 0.422. The maximum atomic E-state index is 13.1. The first-order chi connectivity index (χ1) is 20.4. The Morgan fingerprint density at radius 1 is 0.976 bits per heavy atom. The Morgan fingerprint density at radius 2 is 1.74 bits per heavy atom. The number of nitrogens with zero attached hydrogens (tertiary/aromatic N) is 3. The number of benzene rings is 2. The fourth-order valence-electron chi connectivity index (χ4n) is 6.17. The van der Waals surface area contributed by atoms with Gasteiger partial charge in [0.1, 0.15) is 6.10 Å². The van der Waals surface area contributed by atoms with E-state index in [1.165, 1.54) is 0 Å². The predicted octanol–water partition coefficient (Wildman–Crippen LogP) is 2.62. The smallest absolute Gasteiger partial charge is 0.411 e. The molecular weight excluding hydrogens is 532 g/mol. The van der Waals surface area contributed by atoms with Gasteiger partial charge in [0.25, 0.3) is 0 Å². The molecule has 2 aromatic rings. The molecule has 3 N–H and O–H groups in total. The Balaban J connectivity index is 0.984. The number of carbonyl (C=O) groups is 3. The summed E-state index contributed by atoms with van der Waals surface area (Å²) in [5.41, 5.74) is 2.73. The van der Waals surface area contributed by atoms with Gasteiger partial charge in [0.2, 0.25) is 11.8 Å². The Hall–Kier alpha value is -3.47. The molecule has 2 atom stereocenters.